The Kier molecular flexibility index (Phi) is 8.26. The fraction of sp³-hybridized carbons (Fsp3) is 0.231. The molecule has 1 aromatic heterocycles. The van der Waals surface area contributed by atoms with Crippen molar-refractivity contribution in [1.82, 2.24) is 4.98 Å². The number of fused-ring (bicyclic) bond motifs is 1. The number of hydrogen-bond donors (Lipinski definition) is 1. The number of carbonyl (C=O) groups excluding carboxylic acids is 3. The molecule has 0 unspecified atom stereocenters. The molecule has 164 valence electrons. The van der Waals surface area contributed by atoms with Crippen LogP contribution >= 0.6 is 0 Å². The van der Waals surface area contributed by atoms with Crippen molar-refractivity contribution >= 4 is 40.3 Å². The van der Waals surface area contributed by atoms with Crippen LogP contribution in [0.15, 0.2) is 66.9 Å². The lowest BCUT2D eigenvalue weighted by molar-refractivity contribution is -0.136. The number of benzene rings is 2. The van der Waals surface area contributed by atoms with Gasteiger partial charge in [-0.1, -0.05) is 44.0 Å². The van der Waals surface area contributed by atoms with Gasteiger partial charge < -0.3 is 10.1 Å². The summed E-state index contributed by atoms with van der Waals surface area (Å²) in [5.74, 6) is -0.971. The Labute approximate surface area is 187 Å². The van der Waals surface area contributed by atoms with Crippen molar-refractivity contribution in [3.05, 3.63) is 78.0 Å². The van der Waals surface area contributed by atoms with E-state index in [-0.39, 0.29) is 18.3 Å². The van der Waals surface area contributed by atoms with E-state index < -0.39 is 5.97 Å². The monoisotopic (exact) mass is 430 g/mol. The van der Waals surface area contributed by atoms with Crippen molar-refractivity contribution in [2.24, 2.45) is 0 Å². The number of aromatic nitrogens is 1. The van der Waals surface area contributed by atoms with E-state index in [0.29, 0.717) is 17.7 Å². The summed E-state index contributed by atoms with van der Waals surface area (Å²) in [6.07, 6.45) is 8.02. The molecular formula is C26H26N2O4. The summed E-state index contributed by atoms with van der Waals surface area (Å²) in [6, 6.07) is 16.0. The number of anilines is 1. The Bertz CT molecular complexity index is 1110. The van der Waals surface area contributed by atoms with Crippen molar-refractivity contribution in [3.63, 3.8) is 0 Å². The van der Waals surface area contributed by atoms with Crippen molar-refractivity contribution in [3.8, 4) is 0 Å². The van der Waals surface area contributed by atoms with E-state index >= 15 is 0 Å². The third-order valence-electron chi connectivity index (χ3n) is 4.91. The summed E-state index contributed by atoms with van der Waals surface area (Å²) in [7, 11) is 0. The van der Waals surface area contributed by atoms with Gasteiger partial charge in [0.25, 0.3) is 0 Å². The number of pyridine rings is 1. The van der Waals surface area contributed by atoms with Crippen LogP contribution in [0.25, 0.3) is 17.0 Å². The first-order chi connectivity index (χ1) is 15.6. The van der Waals surface area contributed by atoms with Crippen molar-refractivity contribution < 1.29 is 19.1 Å². The number of hydrogen-bond acceptors (Lipinski definition) is 5. The van der Waals surface area contributed by atoms with E-state index in [2.05, 4.69) is 17.2 Å². The molecule has 1 amide bonds. The van der Waals surface area contributed by atoms with E-state index in [9.17, 15) is 14.4 Å². The van der Waals surface area contributed by atoms with Crippen molar-refractivity contribution in [1.29, 1.82) is 0 Å². The van der Waals surface area contributed by atoms with Crippen LogP contribution in [0.1, 0.15) is 48.5 Å². The van der Waals surface area contributed by atoms with E-state index in [4.69, 9.17) is 4.74 Å². The van der Waals surface area contributed by atoms with Crippen LogP contribution in [0.4, 0.5) is 5.69 Å². The third kappa shape index (κ3) is 6.60. The lowest BCUT2D eigenvalue weighted by atomic mass is 10.1. The van der Waals surface area contributed by atoms with Crippen LogP contribution in [0.2, 0.25) is 0 Å². The second-order valence-electron chi connectivity index (χ2n) is 7.37. The summed E-state index contributed by atoms with van der Waals surface area (Å²) in [6.45, 7) is 1.73. The number of para-hydroxylation sites is 1. The standard InChI is InChI=1S/C26H26N2O4/c1-2-3-4-10-24(30)28-22-14-11-19(12-15-22)23(29)18-32-25(31)16-13-21-8-5-7-20-9-6-17-27-26(20)21/h5-9,11-17H,2-4,10,18H2,1H3,(H,28,30)/b16-13+. The topological polar surface area (TPSA) is 85.4 Å². The normalized spacial score (nSPS) is 10.9. The van der Waals surface area contributed by atoms with Crippen molar-refractivity contribution in [2.75, 3.05) is 11.9 Å². The number of nitrogens with zero attached hydrogens (tertiary/aromatic N) is 1. The van der Waals surface area contributed by atoms with Crippen LogP contribution < -0.4 is 5.32 Å². The van der Waals surface area contributed by atoms with Gasteiger partial charge in [-0.3, -0.25) is 14.6 Å². The fourth-order valence-electron chi connectivity index (χ4n) is 3.19. The van der Waals surface area contributed by atoms with Crippen LogP contribution in [-0.4, -0.2) is 29.3 Å². The number of carbonyl (C=O) groups is 3. The minimum Gasteiger partial charge on any atom is -0.454 e. The number of esters is 1. The molecule has 1 N–H and O–H groups in total. The summed E-state index contributed by atoms with van der Waals surface area (Å²) in [5.41, 5.74) is 2.61. The van der Waals surface area contributed by atoms with E-state index in [1.165, 1.54) is 6.08 Å². The quantitative estimate of drug-likeness (QED) is 0.207. The molecule has 0 bridgehead atoms. The predicted molar refractivity (Wildman–Crippen MR) is 125 cm³/mol. The molecule has 0 atom stereocenters. The lowest BCUT2D eigenvalue weighted by Gasteiger charge is -2.06. The minimum atomic E-state index is -0.609. The van der Waals surface area contributed by atoms with Gasteiger partial charge in [0.05, 0.1) is 5.52 Å². The van der Waals surface area contributed by atoms with Gasteiger partial charge in [-0.25, -0.2) is 4.79 Å². The van der Waals surface area contributed by atoms with Gasteiger partial charge in [0.2, 0.25) is 5.91 Å². The highest BCUT2D eigenvalue weighted by Gasteiger charge is 2.10. The van der Waals surface area contributed by atoms with Gasteiger partial charge in [0.1, 0.15) is 0 Å². The Morgan fingerprint density at radius 2 is 1.78 bits per heavy atom. The van der Waals surface area contributed by atoms with E-state index in [1.807, 2.05) is 30.3 Å². The third-order valence-corrected chi connectivity index (χ3v) is 4.91. The maximum absolute atomic E-state index is 12.3. The second kappa shape index (κ2) is 11.6. The molecule has 0 saturated heterocycles. The molecule has 3 rings (SSSR count). The van der Waals surface area contributed by atoms with Gasteiger partial charge in [0, 0.05) is 40.9 Å². The average molecular weight is 431 g/mol. The summed E-state index contributed by atoms with van der Waals surface area (Å²) in [4.78, 5) is 40.6. The van der Waals surface area contributed by atoms with Crippen LogP contribution in [-0.2, 0) is 14.3 Å². The average Bonchev–Trinajstić information content (AvgIpc) is 2.81. The van der Waals surface area contributed by atoms with Crippen LogP contribution in [0.3, 0.4) is 0 Å². The lowest BCUT2D eigenvalue weighted by Crippen LogP contribution is -2.13. The molecule has 2 aromatic carbocycles. The minimum absolute atomic E-state index is 0.0420. The fourth-order valence-corrected chi connectivity index (χ4v) is 3.19. The Hall–Kier alpha value is -3.80. The van der Waals surface area contributed by atoms with E-state index in [1.54, 1.807) is 36.5 Å². The molecule has 0 aliphatic carbocycles. The predicted octanol–water partition coefficient (Wildman–Crippen LogP) is 5.19. The highest BCUT2D eigenvalue weighted by Crippen LogP contribution is 2.17. The number of unbranched alkanes of at least 4 members (excludes halogenated alkanes) is 2. The Morgan fingerprint density at radius 3 is 2.56 bits per heavy atom. The van der Waals surface area contributed by atoms with Crippen LogP contribution in [0, 0.1) is 0 Å². The molecular weight excluding hydrogens is 404 g/mol. The first-order valence-corrected chi connectivity index (χ1v) is 10.7. The van der Waals surface area contributed by atoms with Gasteiger partial charge in [0.15, 0.2) is 12.4 Å². The molecule has 3 aromatic rings. The summed E-state index contributed by atoms with van der Waals surface area (Å²) < 4.78 is 5.08. The maximum atomic E-state index is 12.3. The van der Waals surface area contributed by atoms with E-state index in [0.717, 1.165) is 35.7 Å². The zero-order valence-corrected chi connectivity index (χ0v) is 18.0. The highest BCUT2D eigenvalue weighted by atomic mass is 16.5. The van der Waals surface area contributed by atoms with Crippen LogP contribution in [0.5, 0.6) is 0 Å². The molecule has 0 aliphatic rings. The number of ether oxygens (including phenoxy) is 1. The first-order valence-electron chi connectivity index (χ1n) is 10.7. The molecule has 6 nitrogen and oxygen atoms in total. The van der Waals surface area contributed by atoms with Crippen molar-refractivity contribution in [2.45, 2.75) is 32.6 Å². The maximum Gasteiger partial charge on any atom is 0.331 e. The molecule has 0 aliphatic heterocycles. The summed E-state index contributed by atoms with van der Waals surface area (Å²) >= 11 is 0. The summed E-state index contributed by atoms with van der Waals surface area (Å²) in [5, 5.41) is 3.78. The SMILES string of the molecule is CCCCCC(=O)Nc1ccc(C(=O)COC(=O)/C=C/c2cccc3cccnc23)cc1. The largest absolute Gasteiger partial charge is 0.454 e. The number of Topliss-reactive ketones (excluding diaryl/α,β-unsaturated/α-hetero) is 1. The molecule has 6 heteroatoms. The van der Waals surface area contributed by atoms with Gasteiger partial charge in [-0.05, 0) is 42.8 Å². The highest BCUT2D eigenvalue weighted by molar-refractivity contribution is 6.00. The first kappa shape index (κ1) is 22.9. The zero-order valence-electron chi connectivity index (χ0n) is 18.0. The van der Waals surface area contributed by atoms with Gasteiger partial charge in [-0.2, -0.15) is 0 Å². The smallest absolute Gasteiger partial charge is 0.331 e. The molecule has 0 radical (unpaired) electrons. The molecule has 0 spiro atoms. The molecule has 32 heavy (non-hydrogen) atoms. The molecule has 0 fully saturated rings. The number of rotatable bonds is 10. The second-order valence-corrected chi connectivity index (χ2v) is 7.37. The van der Waals surface area contributed by atoms with Gasteiger partial charge >= 0.3 is 5.97 Å². The zero-order chi connectivity index (χ0) is 22.8. The molecule has 1 heterocycles. The number of nitrogens with one attached hydrogen (secondary N) is 1. The Morgan fingerprint density at radius 1 is 1.00 bits per heavy atom. The Balaban J connectivity index is 1.50. The molecule has 0 saturated carbocycles. The number of amides is 1. The number of ketones is 1. The van der Waals surface area contributed by atoms with Gasteiger partial charge in [-0.15, -0.1) is 0 Å².